The Bertz CT molecular complexity index is 912. The van der Waals surface area contributed by atoms with E-state index in [9.17, 15) is 9.59 Å². The number of methoxy groups -OCH3 is 1. The zero-order valence-electron chi connectivity index (χ0n) is 17.9. The summed E-state index contributed by atoms with van der Waals surface area (Å²) in [6, 6.07) is 12.1. The summed E-state index contributed by atoms with van der Waals surface area (Å²) in [5, 5.41) is 4.06. The fourth-order valence-corrected chi connectivity index (χ4v) is 4.31. The highest BCUT2D eigenvalue weighted by Gasteiger charge is 2.28. The molecule has 1 saturated carbocycles. The molecule has 3 rings (SSSR count). The molecule has 0 bridgehead atoms. The van der Waals surface area contributed by atoms with Crippen LogP contribution in [0.25, 0.3) is 0 Å². The molecule has 2 amide bonds. The highest BCUT2D eigenvalue weighted by atomic mass is 35.5. The molecule has 1 aliphatic carbocycles. The predicted octanol–water partition coefficient (Wildman–Crippen LogP) is 5.02. The normalized spacial score (nSPS) is 14.8. The second kappa shape index (κ2) is 10.9. The number of nitrogens with one attached hydrogen (secondary N) is 1. The molecular formula is C24H28Cl2N2O3. The standard InChI is InChI=1S/C24H28Cl2N2O3/c1-16(24(30)27-20-5-3-4-6-20)28(15-17-7-11-21(31-2)12-8-17)23(29)13-18-9-10-19(25)14-22(18)26/h7-12,14,16,20H,3-6,13,15H2,1-2H3,(H,27,30)/t16-/m0/s1. The van der Waals surface area contributed by atoms with Crippen LogP contribution >= 0.6 is 23.2 Å². The van der Waals surface area contributed by atoms with Gasteiger partial charge in [0.25, 0.3) is 0 Å². The van der Waals surface area contributed by atoms with Gasteiger partial charge in [-0.3, -0.25) is 9.59 Å². The Hall–Kier alpha value is -2.24. The van der Waals surface area contributed by atoms with Gasteiger partial charge in [0, 0.05) is 22.6 Å². The Balaban J connectivity index is 1.78. The van der Waals surface area contributed by atoms with Gasteiger partial charge in [0.15, 0.2) is 0 Å². The zero-order chi connectivity index (χ0) is 22.4. The molecule has 5 nitrogen and oxygen atoms in total. The van der Waals surface area contributed by atoms with E-state index >= 15 is 0 Å². The lowest BCUT2D eigenvalue weighted by molar-refractivity contribution is -0.140. The molecule has 0 radical (unpaired) electrons. The molecule has 7 heteroatoms. The molecule has 1 N–H and O–H groups in total. The van der Waals surface area contributed by atoms with Crippen LogP contribution in [0, 0.1) is 0 Å². The third-order valence-corrected chi connectivity index (χ3v) is 6.32. The lowest BCUT2D eigenvalue weighted by Gasteiger charge is -2.30. The molecule has 0 saturated heterocycles. The molecule has 0 heterocycles. The zero-order valence-corrected chi connectivity index (χ0v) is 19.4. The first-order valence-corrected chi connectivity index (χ1v) is 11.3. The largest absolute Gasteiger partial charge is 0.497 e. The van der Waals surface area contributed by atoms with Gasteiger partial charge in [0.1, 0.15) is 11.8 Å². The second-order valence-electron chi connectivity index (χ2n) is 7.95. The fraction of sp³-hybridized carbons (Fsp3) is 0.417. The molecule has 1 atom stereocenters. The molecular weight excluding hydrogens is 435 g/mol. The molecule has 0 aliphatic heterocycles. The van der Waals surface area contributed by atoms with Crippen LogP contribution in [0.3, 0.4) is 0 Å². The van der Waals surface area contributed by atoms with E-state index in [-0.39, 0.29) is 24.3 Å². The minimum Gasteiger partial charge on any atom is -0.497 e. The van der Waals surface area contributed by atoms with Gasteiger partial charge in [-0.1, -0.05) is 54.2 Å². The summed E-state index contributed by atoms with van der Waals surface area (Å²) >= 11 is 12.3. The first kappa shape index (κ1) is 23.4. The van der Waals surface area contributed by atoms with Crippen molar-refractivity contribution >= 4 is 35.0 Å². The highest BCUT2D eigenvalue weighted by molar-refractivity contribution is 6.35. The quantitative estimate of drug-likeness (QED) is 0.598. The average Bonchev–Trinajstić information content (AvgIpc) is 3.27. The molecule has 2 aromatic carbocycles. The Morgan fingerprint density at radius 2 is 1.81 bits per heavy atom. The van der Waals surface area contributed by atoms with E-state index in [4.69, 9.17) is 27.9 Å². The maximum absolute atomic E-state index is 13.3. The van der Waals surface area contributed by atoms with Crippen molar-refractivity contribution in [2.75, 3.05) is 7.11 Å². The van der Waals surface area contributed by atoms with E-state index in [1.165, 1.54) is 0 Å². The van der Waals surface area contributed by atoms with Crippen molar-refractivity contribution in [3.8, 4) is 5.75 Å². The number of halogens is 2. The number of carbonyl (C=O) groups is 2. The summed E-state index contributed by atoms with van der Waals surface area (Å²) < 4.78 is 5.21. The molecule has 2 aromatic rings. The van der Waals surface area contributed by atoms with Gasteiger partial charge < -0.3 is 15.0 Å². The number of hydrogen-bond acceptors (Lipinski definition) is 3. The van der Waals surface area contributed by atoms with Crippen LogP contribution in [-0.4, -0.2) is 35.9 Å². The van der Waals surface area contributed by atoms with Gasteiger partial charge in [0.05, 0.1) is 13.5 Å². The number of benzene rings is 2. The van der Waals surface area contributed by atoms with Crippen molar-refractivity contribution in [1.82, 2.24) is 10.2 Å². The van der Waals surface area contributed by atoms with Crippen LogP contribution in [0.5, 0.6) is 5.75 Å². The number of nitrogens with zero attached hydrogens (tertiary/aromatic N) is 1. The number of hydrogen-bond donors (Lipinski definition) is 1. The van der Waals surface area contributed by atoms with Gasteiger partial charge in [-0.05, 0) is 55.2 Å². The van der Waals surface area contributed by atoms with Crippen LogP contribution in [-0.2, 0) is 22.6 Å². The van der Waals surface area contributed by atoms with Crippen LogP contribution in [0.15, 0.2) is 42.5 Å². The summed E-state index contributed by atoms with van der Waals surface area (Å²) in [5.74, 6) is 0.437. The van der Waals surface area contributed by atoms with Crippen molar-refractivity contribution < 1.29 is 14.3 Å². The van der Waals surface area contributed by atoms with Gasteiger partial charge in [-0.15, -0.1) is 0 Å². The van der Waals surface area contributed by atoms with Crippen molar-refractivity contribution in [2.45, 2.75) is 57.7 Å². The fourth-order valence-electron chi connectivity index (χ4n) is 3.83. The Morgan fingerprint density at radius 1 is 1.13 bits per heavy atom. The van der Waals surface area contributed by atoms with E-state index in [0.29, 0.717) is 22.2 Å². The highest BCUT2D eigenvalue weighted by Crippen LogP contribution is 2.23. The summed E-state index contributed by atoms with van der Waals surface area (Å²) in [7, 11) is 1.61. The molecule has 166 valence electrons. The monoisotopic (exact) mass is 462 g/mol. The van der Waals surface area contributed by atoms with Crippen LogP contribution in [0.4, 0.5) is 0 Å². The van der Waals surface area contributed by atoms with E-state index in [0.717, 1.165) is 37.0 Å². The summed E-state index contributed by atoms with van der Waals surface area (Å²) in [6.45, 7) is 2.09. The molecule has 1 fully saturated rings. The summed E-state index contributed by atoms with van der Waals surface area (Å²) in [5.41, 5.74) is 1.59. The minimum absolute atomic E-state index is 0.0905. The third kappa shape index (κ3) is 6.37. The van der Waals surface area contributed by atoms with E-state index in [1.54, 1.807) is 37.1 Å². The van der Waals surface area contributed by atoms with Crippen LogP contribution in [0.2, 0.25) is 10.0 Å². The van der Waals surface area contributed by atoms with Gasteiger partial charge in [0.2, 0.25) is 11.8 Å². The second-order valence-corrected chi connectivity index (χ2v) is 8.79. The number of amides is 2. The molecule has 0 unspecified atom stereocenters. The van der Waals surface area contributed by atoms with Gasteiger partial charge in [-0.25, -0.2) is 0 Å². The van der Waals surface area contributed by atoms with Gasteiger partial charge >= 0.3 is 0 Å². The van der Waals surface area contributed by atoms with Crippen molar-refractivity contribution in [1.29, 1.82) is 0 Å². The van der Waals surface area contributed by atoms with Crippen molar-refractivity contribution in [3.63, 3.8) is 0 Å². The number of carbonyl (C=O) groups excluding carboxylic acids is 2. The van der Waals surface area contributed by atoms with Crippen molar-refractivity contribution in [3.05, 3.63) is 63.6 Å². The maximum atomic E-state index is 13.3. The molecule has 0 spiro atoms. The van der Waals surface area contributed by atoms with Crippen LogP contribution < -0.4 is 10.1 Å². The Labute approximate surface area is 193 Å². The lowest BCUT2D eigenvalue weighted by Crippen LogP contribution is -2.50. The first-order valence-electron chi connectivity index (χ1n) is 10.5. The minimum atomic E-state index is -0.610. The summed E-state index contributed by atoms with van der Waals surface area (Å²) in [4.78, 5) is 27.8. The third-order valence-electron chi connectivity index (χ3n) is 5.74. The Morgan fingerprint density at radius 3 is 2.42 bits per heavy atom. The SMILES string of the molecule is COc1ccc(CN(C(=O)Cc2ccc(Cl)cc2Cl)[C@@H](C)C(=O)NC2CCCC2)cc1. The predicted molar refractivity (Wildman–Crippen MR) is 124 cm³/mol. The summed E-state index contributed by atoms with van der Waals surface area (Å²) in [6.07, 6.45) is 4.33. The molecule has 31 heavy (non-hydrogen) atoms. The van der Waals surface area contributed by atoms with Gasteiger partial charge in [-0.2, -0.15) is 0 Å². The maximum Gasteiger partial charge on any atom is 0.242 e. The van der Waals surface area contributed by atoms with E-state index < -0.39 is 6.04 Å². The molecule has 0 aromatic heterocycles. The lowest BCUT2D eigenvalue weighted by atomic mass is 10.1. The van der Waals surface area contributed by atoms with Crippen molar-refractivity contribution in [2.24, 2.45) is 0 Å². The topological polar surface area (TPSA) is 58.6 Å². The van der Waals surface area contributed by atoms with Crippen LogP contribution in [0.1, 0.15) is 43.7 Å². The van der Waals surface area contributed by atoms with E-state index in [1.807, 2.05) is 24.3 Å². The number of ether oxygens (including phenoxy) is 1. The van der Waals surface area contributed by atoms with E-state index in [2.05, 4.69) is 5.32 Å². The Kier molecular flexibility index (Phi) is 8.22. The number of rotatable bonds is 8. The first-order chi connectivity index (χ1) is 14.9. The molecule has 1 aliphatic rings. The average molecular weight is 463 g/mol. The smallest absolute Gasteiger partial charge is 0.242 e.